The molecule has 5 rings (SSSR count). The maximum atomic E-state index is 13.0. The van der Waals surface area contributed by atoms with Gasteiger partial charge in [0.05, 0.1) is 31.2 Å². The third kappa shape index (κ3) is 1.79. The number of hydrogen-bond donors (Lipinski definition) is 0. The molecular formula is C21H24N2O3. The lowest BCUT2D eigenvalue weighted by atomic mass is 9.51. The Kier molecular flexibility index (Phi) is 3.35. The summed E-state index contributed by atoms with van der Waals surface area (Å²) < 4.78 is 10.7. The van der Waals surface area contributed by atoms with Crippen LogP contribution < -0.4 is 4.74 Å². The van der Waals surface area contributed by atoms with Crippen LogP contribution in [0.3, 0.4) is 0 Å². The zero-order chi connectivity index (χ0) is 18.1. The van der Waals surface area contributed by atoms with Crippen molar-refractivity contribution in [2.75, 3.05) is 27.3 Å². The molecule has 3 fully saturated rings. The summed E-state index contributed by atoms with van der Waals surface area (Å²) in [4.78, 5) is 20.6. The SMILES string of the molecule is CC=C1CN2CCC34C(=Nc5cc(OC)ccc53)[C@@H]2C[C@@H]1C4C(=O)OC. The van der Waals surface area contributed by atoms with Gasteiger partial charge in [0.15, 0.2) is 0 Å². The summed E-state index contributed by atoms with van der Waals surface area (Å²) in [5.41, 5.74) is 4.36. The van der Waals surface area contributed by atoms with E-state index in [-0.39, 0.29) is 23.2 Å². The first-order chi connectivity index (χ1) is 12.6. The number of fused-ring (bicyclic) bond motifs is 2. The standard InChI is InChI=1S/C21H24N2O3/c1-4-12-11-23-8-7-21-15-6-5-13(25-2)9-16(15)22-19(21)17(23)10-14(12)18(21)20(24)26-3/h4-6,9,14,17-18H,7-8,10-11H2,1-3H3/t14-,17-,18?,21?/m0/s1. The molecule has 5 nitrogen and oxygen atoms in total. The first-order valence-corrected chi connectivity index (χ1v) is 9.38. The van der Waals surface area contributed by atoms with Crippen molar-refractivity contribution in [2.24, 2.45) is 16.8 Å². The van der Waals surface area contributed by atoms with Gasteiger partial charge in [0.2, 0.25) is 0 Å². The number of carbonyl (C=O) groups is 1. The Balaban J connectivity index is 1.76. The summed E-state index contributed by atoms with van der Waals surface area (Å²) in [6.07, 6.45) is 4.09. The normalized spacial score (nSPS) is 35.7. The fourth-order valence-corrected chi connectivity index (χ4v) is 5.93. The number of ether oxygens (including phenoxy) is 2. The molecule has 5 heteroatoms. The van der Waals surface area contributed by atoms with Gasteiger partial charge in [0.25, 0.3) is 0 Å². The van der Waals surface area contributed by atoms with E-state index in [1.54, 1.807) is 7.11 Å². The Hall–Kier alpha value is -2.14. The molecule has 0 aromatic heterocycles. The topological polar surface area (TPSA) is 51.1 Å². The summed E-state index contributed by atoms with van der Waals surface area (Å²) in [6, 6.07) is 6.45. The second kappa shape index (κ2) is 5.43. The summed E-state index contributed by atoms with van der Waals surface area (Å²) in [5, 5.41) is 0. The third-order valence-electron chi connectivity index (χ3n) is 7.03. The van der Waals surface area contributed by atoms with E-state index in [0.29, 0.717) is 6.04 Å². The van der Waals surface area contributed by atoms with Crippen LogP contribution in [-0.2, 0) is 14.9 Å². The van der Waals surface area contributed by atoms with E-state index >= 15 is 0 Å². The molecule has 1 aromatic rings. The molecule has 2 saturated heterocycles. The van der Waals surface area contributed by atoms with Gasteiger partial charge in [0.1, 0.15) is 5.75 Å². The van der Waals surface area contributed by atoms with Gasteiger partial charge in [-0.1, -0.05) is 17.7 Å². The average Bonchev–Trinajstić information content (AvgIpc) is 3.01. The van der Waals surface area contributed by atoms with Crippen LogP contribution in [0.2, 0.25) is 0 Å². The number of nitrogens with zero attached hydrogens (tertiary/aromatic N) is 2. The Morgan fingerprint density at radius 1 is 1.38 bits per heavy atom. The van der Waals surface area contributed by atoms with Crippen LogP contribution in [0.4, 0.5) is 5.69 Å². The number of methoxy groups -OCH3 is 2. The van der Waals surface area contributed by atoms with Crippen LogP contribution in [0.15, 0.2) is 34.8 Å². The predicted molar refractivity (Wildman–Crippen MR) is 99.1 cm³/mol. The van der Waals surface area contributed by atoms with E-state index in [1.165, 1.54) is 24.0 Å². The molecule has 3 aliphatic heterocycles. The highest BCUT2D eigenvalue weighted by Crippen LogP contribution is 2.60. The van der Waals surface area contributed by atoms with Crippen LogP contribution in [0.1, 0.15) is 25.3 Å². The van der Waals surface area contributed by atoms with E-state index < -0.39 is 0 Å². The summed E-state index contributed by atoms with van der Waals surface area (Å²) in [6.45, 7) is 4.02. The van der Waals surface area contributed by atoms with Crippen molar-refractivity contribution in [1.82, 2.24) is 4.90 Å². The van der Waals surface area contributed by atoms with Crippen molar-refractivity contribution in [2.45, 2.75) is 31.2 Å². The Labute approximate surface area is 153 Å². The van der Waals surface area contributed by atoms with Gasteiger partial charge in [-0.15, -0.1) is 0 Å². The van der Waals surface area contributed by atoms with Gasteiger partial charge >= 0.3 is 5.97 Å². The lowest BCUT2D eigenvalue weighted by Crippen LogP contribution is -2.68. The van der Waals surface area contributed by atoms with Crippen LogP contribution in [-0.4, -0.2) is 49.9 Å². The quantitative estimate of drug-likeness (QED) is 0.607. The Morgan fingerprint density at radius 2 is 2.23 bits per heavy atom. The van der Waals surface area contributed by atoms with Crippen molar-refractivity contribution in [1.29, 1.82) is 0 Å². The zero-order valence-corrected chi connectivity index (χ0v) is 15.5. The molecule has 3 bridgehead atoms. The van der Waals surface area contributed by atoms with Gasteiger partial charge in [0, 0.05) is 30.9 Å². The van der Waals surface area contributed by atoms with Crippen molar-refractivity contribution in [3.8, 4) is 5.75 Å². The predicted octanol–water partition coefficient (Wildman–Crippen LogP) is 2.86. The number of benzene rings is 1. The van der Waals surface area contributed by atoms with Crippen molar-refractivity contribution >= 4 is 17.4 Å². The number of carbonyl (C=O) groups excluding carboxylic acids is 1. The fraction of sp³-hybridized carbons (Fsp3) is 0.524. The molecule has 136 valence electrons. The first-order valence-electron chi connectivity index (χ1n) is 9.38. The minimum absolute atomic E-state index is 0.0977. The van der Waals surface area contributed by atoms with Crippen LogP contribution in [0, 0.1) is 11.8 Å². The van der Waals surface area contributed by atoms with Gasteiger partial charge in [-0.2, -0.15) is 0 Å². The fourth-order valence-electron chi connectivity index (χ4n) is 5.93. The molecule has 0 N–H and O–H groups in total. The highest BCUT2D eigenvalue weighted by molar-refractivity contribution is 6.09. The van der Waals surface area contributed by atoms with E-state index in [1.807, 2.05) is 12.1 Å². The third-order valence-corrected chi connectivity index (χ3v) is 7.03. The molecule has 1 aromatic carbocycles. The maximum Gasteiger partial charge on any atom is 0.310 e. The van der Waals surface area contributed by atoms with E-state index in [2.05, 4.69) is 24.0 Å². The molecule has 2 unspecified atom stereocenters. The second-order valence-corrected chi connectivity index (χ2v) is 7.79. The Morgan fingerprint density at radius 3 is 2.96 bits per heavy atom. The molecule has 1 saturated carbocycles. The highest BCUT2D eigenvalue weighted by atomic mass is 16.5. The molecule has 26 heavy (non-hydrogen) atoms. The first kappa shape index (κ1) is 16.1. The van der Waals surface area contributed by atoms with E-state index in [0.717, 1.165) is 37.4 Å². The smallest absolute Gasteiger partial charge is 0.310 e. The minimum Gasteiger partial charge on any atom is -0.497 e. The summed E-state index contributed by atoms with van der Waals surface area (Å²) in [7, 11) is 3.19. The molecule has 4 atom stereocenters. The second-order valence-electron chi connectivity index (χ2n) is 7.79. The van der Waals surface area contributed by atoms with Crippen LogP contribution >= 0.6 is 0 Å². The molecular weight excluding hydrogens is 328 g/mol. The molecule has 0 radical (unpaired) electrons. The van der Waals surface area contributed by atoms with Gasteiger partial charge < -0.3 is 9.47 Å². The summed E-state index contributed by atoms with van der Waals surface area (Å²) in [5.74, 6) is 0.760. The van der Waals surface area contributed by atoms with E-state index in [4.69, 9.17) is 14.5 Å². The van der Waals surface area contributed by atoms with Crippen LogP contribution in [0.5, 0.6) is 5.75 Å². The monoisotopic (exact) mass is 352 g/mol. The Bertz CT molecular complexity index is 859. The van der Waals surface area contributed by atoms with Gasteiger partial charge in [-0.25, -0.2) is 0 Å². The van der Waals surface area contributed by atoms with Crippen LogP contribution in [0.25, 0.3) is 0 Å². The minimum atomic E-state index is -0.326. The molecule has 3 heterocycles. The van der Waals surface area contributed by atoms with Crippen molar-refractivity contribution < 1.29 is 14.3 Å². The molecule has 0 amide bonds. The number of aliphatic imine (C=N–C) groups is 1. The summed E-state index contributed by atoms with van der Waals surface area (Å²) >= 11 is 0. The largest absolute Gasteiger partial charge is 0.497 e. The number of piperidine rings is 2. The van der Waals surface area contributed by atoms with Gasteiger partial charge in [-0.3, -0.25) is 14.7 Å². The maximum absolute atomic E-state index is 13.0. The number of allylic oxidation sites excluding steroid dienone is 1. The highest BCUT2D eigenvalue weighted by Gasteiger charge is 2.65. The number of hydrogen-bond acceptors (Lipinski definition) is 5. The lowest BCUT2D eigenvalue weighted by molar-refractivity contribution is -0.151. The lowest BCUT2D eigenvalue weighted by Gasteiger charge is -2.59. The molecule has 4 aliphatic rings. The molecule has 0 spiro atoms. The van der Waals surface area contributed by atoms with Gasteiger partial charge in [-0.05, 0) is 37.3 Å². The zero-order valence-electron chi connectivity index (χ0n) is 15.5. The molecule has 1 aliphatic carbocycles. The number of rotatable bonds is 2. The van der Waals surface area contributed by atoms with E-state index in [9.17, 15) is 4.79 Å². The van der Waals surface area contributed by atoms with Crippen molar-refractivity contribution in [3.63, 3.8) is 0 Å². The van der Waals surface area contributed by atoms with Crippen molar-refractivity contribution in [3.05, 3.63) is 35.4 Å². The number of esters is 1. The average molecular weight is 352 g/mol.